The van der Waals surface area contributed by atoms with Gasteiger partial charge in [0.15, 0.2) is 0 Å². The Bertz CT molecular complexity index is 1050. The number of carbonyl (C=O) groups is 2. The number of aromatic nitrogens is 2. The second kappa shape index (κ2) is 9.54. The van der Waals surface area contributed by atoms with Crippen LogP contribution in [0.5, 0.6) is 5.75 Å². The number of likely N-dealkylation sites (tertiary alicyclic amines) is 1. The van der Waals surface area contributed by atoms with E-state index in [0.29, 0.717) is 56.0 Å². The summed E-state index contributed by atoms with van der Waals surface area (Å²) in [7, 11) is 1.63. The highest BCUT2D eigenvalue weighted by Crippen LogP contribution is 2.30. The van der Waals surface area contributed by atoms with Crippen LogP contribution in [0.15, 0.2) is 29.1 Å². The van der Waals surface area contributed by atoms with Crippen LogP contribution in [-0.4, -0.2) is 51.8 Å². The smallest absolute Gasteiger partial charge is 0.254 e. The van der Waals surface area contributed by atoms with Crippen molar-refractivity contribution in [3.63, 3.8) is 0 Å². The fraction of sp³-hybridized carbons (Fsp3) is 0.500. The quantitative estimate of drug-likeness (QED) is 0.773. The highest BCUT2D eigenvalue weighted by molar-refractivity contribution is 5.77. The maximum atomic E-state index is 13.1. The minimum atomic E-state index is -0.238. The number of aryl methyl sites for hydroxylation is 1. The number of amides is 2. The van der Waals surface area contributed by atoms with Crippen molar-refractivity contribution in [1.29, 1.82) is 0 Å². The molecule has 3 heterocycles. The molecule has 8 nitrogen and oxygen atoms in total. The van der Waals surface area contributed by atoms with E-state index in [1.54, 1.807) is 12.0 Å². The molecule has 32 heavy (non-hydrogen) atoms. The van der Waals surface area contributed by atoms with E-state index in [-0.39, 0.29) is 23.4 Å². The average Bonchev–Trinajstić information content (AvgIpc) is 2.82. The molecule has 0 spiro atoms. The monoisotopic (exact) mass is 438 g/mol. The van der Waals surface area contributed by atoms with Crippen molar-refractivity contribution in [3.05, 3.63) is 57.3 Å². The van der Waals surface area contributed by atoms with Gasteiger partial charge in [0.25, 0.3) is 5.56 Å². The molecule has 1 fully saturated rings. The number of fused-ring (bicyclic) bond motifs is 1. The molecule has 0 unspecified atom stereocenters. The maximum absolute atomic E-state index is 13.1. The van der Waals surface area contributed by atoms with Crippen LogP contribution in [0.1, 0.15) is 61.3 Å². The summed E-state index contributed by atoms with van der Waals surface area (Å²) in [5, 5.41) is 0. The first-order valence-corrected chi connectivity index (χ1v) is 11.3. The van der Waals surface area contributed by atoms with Crippen molar-refractivity contribution in [2.75, 3.05) is 20.2 Å². The van der Waals surface area contributed by atoms with Gasteiger partial charge in [-0.15, -0.1) is 0 Å². The Morgan fingerprint density at radius 1 is 1.19 bits per heavy atom. The normalized spacial score (nSPS) is 18.2. The number of aromatic amines is 1. The first kappa shape index (κ1) is 22.0. The van der Waals surface area contributed by atoms with E-state index in [2.05, 4.69) is 4.98 Å². The van der Waals surface area contributed by atoms with E-state index < -0.39 is 0 Å². The molecule has 1 aromatic heterocycles. The van der Waals surface area contributed by atoms with Gasteiger partial charge in [0.05, 0.1) is 25.4 Å². The second-order valence-corrected chi connectivity index (χ2v) is 8.51. The number of piperidine rings is 1. The summed E-state index contributed by atoms with van der Waals surface area (Å²) >= 11 is 0. The molecule has 8 heteroatoms. The molecule has 1 aromatic carbocycles. The third kappa shape index (κ3) is 4.69. The predicted octanol–water partition coefficient (Wildman–Crippen LogP) is 2.37. The van der Waals surface area contributed by atoms with Crippen LogP contribution in [0.3, 0.4) is 0 Å². The molecule has 0 aliphatic carbocycles. The minimum Gasteiger partial charge on any atom is -0.497 e. The molecule has 0 bridgehead atoms. The fourth-order valence-corrected chi connectivity index (χ4v) is 4.59. The number of ether oxygens (including phenoxy) is 1. The zero-order valence-electron chi connectivity index (χ0n) is 18.7. The van der Waals surface area contributed by atoms with E-state index in [4.69, 9.17) is 9.72 Å². The third-order valence-corrected chi connectivity index (χ3v) is 6.46. The van der Waals surface area contributed by atoms with Crippen molar-refractivity contribution < 1.29 is 14.3 Å². The van der Waals surface area contributed by atoms with E-state index in [1.165, 1.54) is 6.92 Å². The summed E-state index contributed by atoms with van der Waals surface area (Å²) in [6.07, 6.45) is 4.24. The number of methoxy groups -OCH3 is 1. The largest absolute Gasteiger partial charge is 0.497 e. The number of nitrogens with zero attached hydrogens (tertiary/aromatic N) is 3. The van der Waals surface area contributed by atoms with Gasteiger partial charge in [-0.2, -0.15) is 0 Å². The Morgan fingerprint density at radius 2 is 1.97 bits per heavy atom. The molecule has 2 aromatic rings. The summed E-state index contributed by atoms with van der Waals surface area (Å²) < 4.78 is 5.19. The van der Waals surface area contributed by atoms with Crippen molar-refractivity contribution in [1.82, 2.24) is 19.8 Å². The highest BCUT2D eigenvalue weighted by atomic mass is 16.5. The molecule has 170 valence electrons. The van der Waals surface area contributed by atoms with E-state index in [0.717, 1.165) is 30.6 Å². The molecular formula is C24H30N4O4. The summed E-state index contributed by atoms with van der Waals surface area (Å²) in [4.78, 5) is 48.9. The molecule has 4 rings (SSSR count). The van der Waals surface area contributed by atoms with Gasteiger partial charge in [-0.25, -0.2) is 4.98 Å². The molecular weight excluding hydrogens is 408 g/mol. The van der Waals surface area contributed by atoms with Gasteiger partial charge >= 0.3 is 0 Å². The SMILES string of the molecule is COc1ccc(CCC(=O)N2CCCC[C@@H]2c2nc3c(c(=O)[nH]2)CCN(C(C)=O)C3)cc1. The topological polar surface area (TPSA) is 95.6 Å². The zero-order valence-corrected chi connectivity index (χ0v) is 18.7. The van der Waals surface area contributed by atoms with E-state index >= 15 is 0 Å². The Morgan fingerprint density at radius 3 is 2.69 bits per heavy atom. The Kier molecular flexibility index (Phi) is 6.58. The van der Waals surface area contributed by atoms with Gasteiger partial charge in [-0.3, -0.25) is 14.4 Å². The van der Waals surface area contributed by atoms with Crippen LogP contribution >= 0.6 is 0 Å². The third-order valence-electron chi connectivity index (χ3n) is 6.46. The molecule has 0 saturated carbocycles. The summed E-state index contributed by atoms with van der Waals surface area (Å²) in [5.41, 5.74) is 2.24. The van der Waals surface area contributed by atoms with Crippen LogP contribution in [0, 0.1) is 0 Å². The average molecular weight is 439 g/mol. The lowest BCUT2D eigenvalue weighted by molar-refractivity contribution is -0.135. The molecule has 1 atom stereocenters. The lowest BCUT2D eigenvalue weighted by Gasteiger charge is -2.36. The van der Waals surface area contributed by atoms with Crippen LogP contribution in [-0.2, 0) is 29.0 Å². The molecule has 2 aliphatic rings. The number of hydrogen-bond donors (Lipinski definition) is 1. The van der Waals surface area contributed by atoms with Crippen LogP contribution in [0.4, 0.5) is 0 Å². The van der Waals surface area contributed by atoms with Crippen LogP contribution in [0.25, 0.3) is 0 Å². The van der Waals surface area contributed by atoms with Gasteiger partial charge in [-0.1, -0.05) is 12.1 Å². The molecule has 2 aliphatic heterocycles. The van der Waals surface area contributed by atoms with Crippen molar-refractivity contribution in [2.24, 2.45) is 0 Å². The summed E-state index contributed by atoms with van der Waals surface area (Å²) in [6, 6.07) is 7.51. The van der Waals surface area contributed by atoms with Gasteiger partial charge in [-0.05, 0) is 49.8 Å². The lowest BCUT2D eigenvalue weighted by atomic mass is 9.99. The molecule has 2 amide bonds. The number of carbonyl (C=O) groups excluding carboxylic acids is 2. The lowest BCUT2D eigenvalue weighted by Crippen LogP contribution is -2.42. The predicted molar refractivity (Wildman–Crippen MR) is 119 cm³/mol. The standard InChI is InChI=1S/C24H30N4O4/c1-16(29)27-14-12-19-20(15-27)25-23(26-24(19)31)21-5-3-4-13-28(21)22(30)11-8-17-6-9-18(32-2)10-7-17/h6-7,9-10,21H,3-5,8,11-15H2,1-2H3,(H,25,26,31)/t21-/m1/s1. The molecule has 0 radical (unpaired) electrons. The van der Waals surface area contributed by atoms with Crippen molar-refractivity contribution >= 4 is 11.8 Å². The Labute approximate surface area is 187 Å². The summed E-state index contributed by atoms with van der Waals surface area (Å²) in [5.74, 6) is 1.38. The number of benzene rings is 1. The first-order chi connectivity index (χ1) is 15.5. The van der Waals surface area contributed by atoms with Gasteiger partial charge in [0, 0.05) is 32.0 Å². The molecule has 1 saturated heterocycles. The van der Waals surface area contributed by atoms with Crippen LogP contribution < -0.4 is 10.3 Å². The number of H-pyrrole nitrogens is 1. The van der Waals surface area contributed by atoms with Gasteiger partial charge < -0.3 is 19.5 Å². The van der Waals surface area contributed by atoms with Crippen molar-refractivity contribution in [3.8, 4) is 5.75 Å². The number of nitrogens with one attached hydrogen (secondary N) is 1. The van der Waals surface area contributed by atoms with Crippen molar-refractivity contribution in [2.45, 2.75) is 58.0 Å². The Balaban J connectivity index is 1.51. The molecule has 1 N–H and O–H groups in total. The van der Waals surface area contributed by atoms with Gasteiger partial charge in [0.2, 0.25) is 11.8 Å². The Hall–Kier alpha value is -3.16. The van der Waals surface area contributed by atoms with Gasteiger partial charge in [0.1, 0.15) is 11.6 Å². The number of rotatable bonds is 5. The fourth-order valence-electron chi connectivity index (χ4n) is 4.59. The highest BCUT2D eigenvalue weighted by Gasteiger charge is 2.31. The number of hydrogen-bond acceptors (Lipinski definition) is 5. The zero-order chi connectivity index (χ0) is 22.7. The first-order valence-electron chi connectivity index (χ1n) is 11.3. The van der Waals surface area contributed by atoms with E-state index in [9.17, 15) is 14.4 Å². The minimum absolute atomic E-state index is 0.0210. The second-order valence-electron chi connectivity index (χ2n) is 8.51. The van der Waals surface area contributed by atoms with E-state index in [1.807, 2.05) is 29.2 Å². The summed E-state index contributed by atoms with van der Waals surface area (Å²) in [6.45, 7) is 3.07. The van der Waals surface area contributed by atoms with Crippen LogP contribution in [0.2, 0.25) is 0 Å². The maximum Gasteiger partial charge on any atom is 0.254 e.